The number of aromatic carboxylic acids is 1. The fourth-order valence-electron chi connectivity index (χ4n) is 1.75. The Morgan fingerprint density at radius 1 is 1.47 bits per heavy atom. The van der Waals surface area contributed by atoms with E-state index in [1.807, 2.05) is 0 Å². The number of benzene rings is 1. The Labute approximate surface area is 111 Å². The normalized spacial score (nSPS) is 10.2. The molecule has 8 heteroatoms. The second-order valence-corrected chi connectivity index (χ2v) is 4.17. The van der Waals surface area contributed by atoms with Gasteiger partial charge < -0.3 is 10.1 Å². The predicted octanol–water partition coefficient (Wildman–Crippen LogP) is 2.69. The van der Waals surface area contributed by atoms with Crippen molar-refractivity contribution in [3.05, 3.63) is 55.1 Å². The molecule has 0 atom stereocenters. The van der Waals surface area contributed by atoms with Crippen LogP contribution in [0.4, 0.5) is 0 Å². The van der Waals surface area contributed by atoms with Crippen LogP contribution >= 0.6 is 11.6 Å². The molecule has 1 aromatic heterocycles. The van der Waals surface area contributed by atoms with Crippen molar-refractivity contribution in [2.24, 2.45) is 5.11 Å². The summed E-state index contributed by atoms with van der Waals surface area (Å²) in [6, 6.07) is 4.32. The minimum absolute atomic E-state index is 0.00984. The summed E-state index contributed by atoms with van der Waals surface area (Å²) in [5.41, 5.74) is 8.16. The predicted molar refractivity (Wildman–Crippen MR) is 69.4 cm³/mol. The number of fused-ring (bicyclic) bond motifs is 1. The van der Waals surface area contributed by atoms with Crippen molar-refractivity contribution in [3.63, 3.8) is 0 Å². The number of nitrogens with one attached hydrogen (secondary N) is 1. The molecule has 0 aliphatic heterocycles. The zero-order valence-electron chi connectivity index (χ0n) is 9.42. The second-order valence-electron chi connectivity index (χ2n) is 3.74. The first-order valence-corrected chi connectivity index (χ1v) is 5.50. The van der Waals surface area contributed by atoms with E-state index in [4.69, 9.17) is 22.2 Å². The molecule has 0 bridgehead atoms. The van der Waals surface area contributed by atoms with Crippen LogP contribution in [0.3, 0.4) is 0 Å². The van der Waals surface area contributed by atoms with Gasteiger partial charge in [-0.3, -0.25) is 4.79 Å². The van der Waals surface area contributed by atoms with E-state index >= 15 is 0 Å². The molecule has 19 heavy (non-hydrogen) atoms. The Morgan fingerprint density at radius 3 is 2.84 bits per heavy atom. The summed E-state index contributed by atoms with van der Waals surface area (Å²) in [6.45, 7) is 0.00984. The van der Waals surface area contributed by atoms with Gasteiger partial charge in [-0.15, -0.1) is 0 Å². The maximum Gasteiger partial charge on any atom is 0.341 e. The van der Waals surface area contributed by atoms with Crippen LogP contribution in [0.25, 0.3) is 21.3 Å². The number of carboxylic acids is 1. The van der Waals surface area contributed by atoms with Crippen molar-refractivity contribution < 1.29 is 9.90 Å². The third-order valence-electron chi connectivity index (χ3n) is 2.53. The molecule has 0 amide bonds. The zero-order chi connectivity index (χ0) is 14.0. The number of pyridine rings is 1. The lowest BCUT2D eigenvalue weighted by Crippen LogP contribution is -2.17. The van der Waals surface area contributed by atoms with Gasteiger partial charge in [0.05, 0.1) is 12.1 Å². The molecule has 7 nitrogen and oxygen atoms in total. The number of carboxylic acid groups (broad SMARTS) is 1. The molecule has 1 aromatic carbocycles. The van der Waals surface area contributed by atoms with Crippen LogP contribution in [0.2, 0.25) is 5.02 Å². The van der Waals surface area contributed by atoms with Crippen LogP contribution in [0.1, 0.15) is 15.9 Å². The molecule has 0 saturated carbocycles. The molecule has 2 aromatic rings. The van der Waals surface area contributed by atoms with Crippen molar-refractivity contribution >= 4 is 28.5 Å². The quantitative estimate of drug-likeness (QED) is 0.510. The Morgan fingerprint density at radius 2 is 2.21 bits per heavy atom. The van der Waals surface area contributed by atoms with Gasteiger partial charge in [0.15, 0.2) is 0 Å². The van der Waals surface area contributed by atoms with E-state index in [1.165, 1.54) is 12.1 Å². The van der Waals surface area contributed by atoms with Crippen LogP contribution in [0, 0.1) is 0 Å². The number of hydrogen-bond donors (Lipinski definition) is 2. The Bertz CT molecular complexity index is 777. The summed E-state index contributed by atoms with van der Waals surface area (Å²) < 4.78 is 0. The molecule has 0 aliphatic rings. The number of nitrogens with zero attached hydrogens (tertiary/aromatic N) is 3. The fourth-order valence-corrected chi connectivity index (χ4v) is 2.00. The molecule has 0 saturated heterocycles. The largest absolute Gasteiger partial charge is 0.477 e. The first-order valence-electron chi connectivity index (χ1n) is 5.12. The lowest BCUT2D eigenvalue weighted by molar-refractivity contribution is 0.0695. The average molecular weight is 279 g/mol. The number of carbonyl (C=O) groups is 1. The Balaban J connectivity index is 2.78. The molecule has 0 aliphatic carbocycles. The lowest BCUT2D eigenvalue weighted by atomic mass is 10.1. The molecule has 0 spiro atoms. The fraction of sp³-hybridized carbons (Fsp3) is 0.0909. The molecule has 1 heterocycles. The average Bonchev–Trinajstić information content (AvgIpc) is 2.35. The van der Waals surface area contributed by atoms with Crippen LogP contribution in [-0.4, -0.2) is 16.1 Å². The molecule has 0 unspecified atom stereocenters. The van der Waals surface area contributed by atoms with Crippen molar-refractivity contribution in [2.45, 2.75) is 6.54 Å². The van der Waals surface area contributed by atoms with Crippen molar-refractivity contribution in [1.82, 2.24) is 4.98 Å². The van der Waals surface area contributed by atoms with Gasteiger partial charge in [-0.05, 0) is 29.3 Å². The third-order valence-corrected chi connectivity index (χ3v) is 2.75. The van der Waals surface area contributed by atoms with E-state index in [-0.39, 0.29) is 12.1 Å². The number of H-pyrrole nitrogens is 1. The van der Waals surface area contributed by atoms with Crippen LogP contribution in [-0.2, 0) is 6.54 Å². The standard InChI is InChI=1S/C11H7ClN4O3/c12-7-1-5-3-8(11(18)19)10(17)15-9(5)6(2-7)4-14-16-13/h1-3H,4H2,(H,15,17)(H,18,19). The summed E-state index contributed by atoms with van der Waals surface area (Å²) in [7, 11) is 0. The smallest absolute Gasteiger partial charge is 0.341 e. The number of rotatable bonds is 3. The van der Waals surface area contributed by atoms with E-state index in [0.717, 1.165) is 0 Å². The van der Waals surface area contributed by atoms with E-state index < -0.39 is 11.5 Å². The highest BCUT2D eigenvalue weighted by Gasteiger charge is 2.12. The minimum Gasteiger partial charge on any atom is -0.477 e. The number of hydrogen-bond acceptors (Lipinski definition) is 3. The van der Waals surface area contributed by atoms with Gasteiger partial charge in [0.1, 0.15) is 5.56 Å². The molecule has 2 N–H and O–H groups in total. The molecule has 2 rings (SSSR count). The number of aromatic amines is 1. The summed E-state index contributed by atoms with van der Waals surface area (Å²) >= 11 is 5.90. The Hall–Kier alpha value is -2.50. The first kappa shape index (κ1) is 12.9. The minimum atomic E-state index is -1.32. The van der Waals surface area contributed by atoms with Crippen LogP contribution < -0.4 is 5.56 Å². The molecular formula is C11H7ClN4O3. The maximum atomic E-state index is 11.6. The number of azide groups is 1. The van der Waals surface area contributed by atoms with E-state index in [0.29, 0.717) is 21.5 Å². The van der Waals surface area contributed by atoms with E-state index in [2.05, 4.69) is 15.0 Å². The van der Waals surface area contributed by atoms with Crippen molar-refractivity contribution in [1.29, 1.82) is 0 Å². The summed E-state index contributed by atoms with van der Waals surface area (Å²) in [6.07, 6.45) is 0. The Kier molecular flexibility index (Phi) is 3.41. The monoisotopic (exact) mass is 278 g/mol. The highest BCUT2D eigenvalue weighted by atomic mass is 35.5. The van der Waals surface area contributed by atoms with Crippen LogP contribution in [0.15, 0.2) is 28.1 Å². The highest BCUT2D eigenvalue weighted by molar-refractivity contribution is 6.31. The van der Waals surface area contributed by atoms with Gasteiger partial charge in [0.2, 0.25) is 0 Å². The molecular weight excluding hydrogens is 272 g/mol. The zero-order valence-corrected chi connectivity index (χ0v) is 10.2. The summed E-state index contributed by atoms with van der Waals surface area (Å²) in [4.78, 5) is 27.6. The van der Waals surface area contributed by atoms with Gasteiger partial charge in [-0.1, -0.05) is 16.7 Å². The highest BCUT2D eigenvalue weighted by Crippen LogP contribution is 2.23. The van der Waals surface area contributed by atoms with Gasteiger partial charge in [0.25, 0.3) is 5.56 Å². The topological polar surface area (TPSA) is 119 Å². The third kappa shape index (κ3) is 2.52. The first-order chi connectivity index (χ1) is 9.02. The second kappa shape index (κ2) is 5.01. The number of halogens is 1. The SMILES string of the molecule is [N-]=[N+]=NCc1cc(Cl)cc2cc(C(=O)O)c(=O)[nH]c12. The summed E-state index contributed by atoms with van der Waals surface area (Å²) in [5.74, 6) is -1.32. The summed E-state index contributed by atoms with van der Waals surface area (Å²) in [5, 5.41) is 13.1. The van der Waals surface area contributed by atoms with Crippen LogP contribution in [0.5, 0.6) is 0 Å². The molecule has 96 valence electrons. The maximum absolute atomic E-state index is 11.6. The van der Waals surface area contributed by atoms with Crippen molar-refractivity contribution in [2.75, 3.05) is 0 Å². The van der Waals surface area contributed by atoms with Gasteiger partial charge in [0, 0.05) is 15.3 Å². The molecule has 0 fully saturated rings. The van der Waals surface area contributed by atoms with Gasteiger partial charge in [-0.2, -0.15) is 0 Å². The van der Waals surface area contributed by atoms with Gasteiger partial charge in [-0.25, -0.2) is 4.79 Å². The van der Waals surface area contributed by atoms with E-state index in [1.54, 1.807) is 6.07 Å². The lowest BCUT2D eigenvalue weighted by Gasteiger charge is -2.06. The van der Waals surface area contributed by atoms with Crippen molar-refractivity contribution in [3.8, 4) is 0 Å². The number of aromatic nitrogens is 1. The van der Waals surface area contributed by atoms with Gasteiger partial charge >= 0.3 is 5.97 Å². The van der Waals surface area contributed by atoms with E-state index in [9.17, 15) is 9.59 Å². The molecule has 0 radical (unpaired) electrons.